The predicted octanol–water partition coefficient (Wildman–Crippen LogP) is 1.99. The monoisotopic (exact) mass is 196 g/mol. The molecule has 0 aliphatic rings. The van der Waals surface area contributed by atoms with Crippen molar-refractivity contribution in [1.82, 2.24) is 0 Å². The van der Waals surface area contributed by atoms with Gasteiger partial charge in [0.1, 0.15) is 0 Å². The molecule has 0 saturated heterocycles. The molecule has 0 heterocycles. The molecule has 0 atom stereocenters. The molecule has 0 aliphatic carbocycles. The van der Waals surface area contributed by atoms with Crippen LogP contribution in [0.25, 0.3) is 0 Å². The first-order chi connectivity index (χ1) is 6.15. The minimum atomic E-state index is -0.563. The molecule has 0 bridgehead atoms. The number of carbonyl (C=O) groups excluding carboxylic acids is 2. The maximum atomic E-state index is 11.3. The van der Waals surface area contributed by atoms with Crippen LogP contribution in [0.3, 0.4) is 0 Å². The van der Waals surface area contributed by atoms with Crippen LogP contribution in [0.1, 0.15) is 15.9 Å². The van der Waals surface area contributed by atoms with Gasteiger partial charge in [0.05, 0.1) is 5.88 Å². The SMILES string of the molecule is Cc1cccc(C(=O)C(=O)CCl)c1. The number of benzene rings is 1. The minimum Gasteiger partial charge on any atom is -0.289 e. The highest BCUT2D eigenvalue weighted by atomic mass is 35.5. The van der Waals surface area contributed by atoms with E-state index < -0.39 is 11.6 Å². The van der Waals surface area contributed by atoms with Crippen molar-refractivity contribution in [2.45, 2.75) is 6.92 Å². The molecule has 2 nitrogen and oxygen atoms in total. The van der Waals surface area contributed by atoms with Crippen LogP contribution in [0.4, 0.5) is 0 Å². The van der Waals surface area contributed by atoms with E-state index in [0.717, 1.165) is 5.56 Å². The number of alkyl halides is 1. The van der Waals surface area contributed by atoms with E-state index in [4.69, 9.17) is 11.6 Å². The van der Waals surface area contributed by atoms with Gasteiger partial charge in [0.15, 0.2) is 0 Å². The molecule has 1 aromatic rings. The molecule has 68 valence electrons. The highest BCUT2D eigenvalue weighted by Crippen LogP contribution is 2.05. The zero-order valence-corrected chi connectivity index (χ0v) is 7.97. The molecular weight excluding hydrogens is 188 g/mol. The van der Waals surface area contributed by atoms with Crippen molar-refractivity contribution < 1.29 is 9.59 Å². The second-order valence-corrected chi connectivity index (χ2v) is 3.02. The minimum absolute atomic E-state index is 0.257. The standard InChI is InChI=1S/C10H9ClO2/c1-7-3-2-4-8(5-7)10(13)9(12)6-11/h2-5H,6H2,1H3. The van der Waals surface area contributed by atoms with Gasteiger partial charge in [-0.3, -0.25) is 9.59 Å². The summed E-state index contributed by atoms with van der Waals surface area (Å²) in [5, 5.41) is 0. The Kier molecular flexibility index (Phi) is 3.20. The third-order valence-corrected chi connectivity index (χ3v) is 1.90. The summed E-state index contributed by atoms with van der Waals surface area (Å²) >= 11 is 5.27. The third kappa shape index (κ3) is 2.39. The molecule has 0 saturated carbocycles. The number of halogens is 1. The van der Waals surface area contributed by atoms with Crippen LogP contribution < -0.4 is 0 Å². The van der Waals surface area contributed by atoms with Crippen LogP contribution >= 0.6 is 11.6 Å². The Balaban J connectivity index is 2.95. The van der Waals surface area contributed by atoms with Crippen molar-refractivity contribution in [3.8, 4) is 0 Å². The smallest absolute Gasteiger partial charge is 0.229 e. The topological polar surface area (TPSA) is 34.1 Å². The molecule has 0 aromatic heterocycles. The van der Waals surface area contributed by atoms with E-state index in [1.807, 2.05) is 13.0 Å². The Morgan fingerprint density at radius 2 is 2.08 bits per heavy atom. The molecule has 0 N–H and O–H groups in total. The summed E-state index contributed by atoms with van der Waals surface area (Å²) < 4.78 is 0. The summed E-state index contributed by atoms with van der Waals surface area (Å²) in [6.45, 7) is 1.86. The summed E-state index contributed by atoms with van der Waals surface area (Å²) in [6, 6.07) is 6.89. The van der Waals surface area contributed by atoms with Gasteiger partial charge in [0, 0.05) is 5.56 Å². The van der Waals surface area contributed by atoms with Gasteiger partial charge in [-0.05, 0) is 13.0 Å². The lowest BCUT2D eigenvalue weighted by Gasteiger charge is -1.98. The number of hydrogen-bond acceptors (Lipinski definition) is 2. The van der Waals surface area contributed by atoms with Gasteiger partial charge < -0.3 is 0 Å². The molecule has 0 aliphatic heterocycles. The van der Waals surface area contributed by atoms with Crippen molar-refractivity contribution in [3.05, 3.63) is 35.4 Å². The fourth-order valence-corrected chi connectivity index (χ4v) is 1.13. The number of aryl methyl sites for hydroxylation is 1. The quantitative estimate of drug-likeness (QED) is 0.421. The molecule has 1 aromatic carbocycles. The number of hydrogen-bond donors (Lipinski definition) is 0. The normalized spacial score (nSPS) is 9.69. The predicted molar refractivity (Wildman–Crippen MR) is 51.2 cm³/mol. The summed E-state index contributed by atoms with van der Waals surface area (Å²) in [4.78, 5) is 22.2. The van der Waals surface area contributed by atoms with Crippen molar-refractivity contribution in [2.24, 2.45) is 0 Å². The average molecular weight is 197 g/mol. The molecular formula is C10H9ClO2. The van der Waals surface area contributed by atoms with Gasteiger partial charge in [0.25, 0.3) is 0 Å². The number of rotatable bonds is 3. The zero-order valence-electron chi connectivity index (χ0n) is 7.21. The Morgan fingerprint density at radius 3 is 2.62 bits per heavy atom. The first-order valence-corrected chi connectivity index (χ1v) is 4.38. The highest BCUT2D eigenvalue weighted by Gasteiger charge is 2.14. The second-order valence-electron chi connectivity index (χ2n) is 2.76. The maximum Gasteiger partial charge on any atom is 0.229 e. The molecule has 0 radical (unpaired) electrons. The van der Waals surface area contributed by atoms with E-state index in [2.05, 4.69) is 0 Å². The summed E-state index contributed by atoms with van der Waals surface area (Å²) in [5.74, 6) is -1.33. The Labute approximate surface area is 81.5 Å². The first kappa shape index (κ1) is 9.93. The first-order valence-electron chi connectivity index (χ1n) is 3.85. The van der Waals surface area contributed by atoms with Gasteiger partial charge >= 0.3 is 0 Å². The highest BCUT2D eigenvalue weighted by molar-refractivity contribution is 6.51. The van der Waals surface area contributed by atoms with Crippen LogP contribution in [-0.2, 0) is 4.79 Å². The van der Waals surface area contributed by atoms with Crippen LogP contribution in [0.2, 0.25) is 0 Å². The van der Waals surface area contributed by atoms with Crippen LogP contribution in [0.5, 0.6) is 0 Å². The largest absolute Gasteiger partial charge is 0.289 e. The van der Waals surface area contributed by atoms with E-state index in [9.17, 15) is 9.59 Å². The molecule has 0 spiro atoms. The second kappa shape index (κ2) is 4.19. The van der Waals surface area contributed by atoms with E-state index in [1.165, 1.54) is 0 Å². The molecule has 3 heteroatoms. The maximum absolute atomic E-state index is 11.3. The molecule has 13 heavy (non-hydrogen) atoms. The van der Waals surface area contributed by atoms with Gasteiger partial charge in [-0.2, -0.15) is 0 Å². The Hall–Kier alpha value is -1.15. The lowest BCUT2D eigenvalue weighted by Crippen LogP contribution is -2.15. The zero-order chi connectivity index (χ0) is 9.84. The average Bonchev–Trinajstić information content (AvgIpc) is 2.15. The summed E-state index contributed by atoms with van der Waals surface area (Å²) in [5.41, 5.74) is 1.36. The molecule has 0 unspecified atom stereocenters. The van der Waals surface area contributed by atoms with Gasteiger partial charge in [-0.15, -0.1) is 11.6 Å². The van der Waals surface area contributed by atoms with Gasteiger partial charge in [-0.1, -0.05) is 23.8 Å². The van der Waals surface area contributed by atoms with E-state index in [1.54, 1.807) is 18.2 Å². The van der Waals surface area contributed by atoms with Crippen LogP contribution in [-0.4, -0.2) is 17.4 Å². The third-order valence-electron chi connectivity index (χ3n) is 1.65. The fraction of sp³-hybridized carbons (Fsp3) is 0.200. The number of Topliss-reactive ketones (excluding diaryl/α,β-unsaturated/α-hetero) is 2. The summed E-state index contributed by atoms with van der Waals surface area (Å²) in [6.07, 6.45) is 0. The van der Waals surface area contributed by atoms with Crippen molar-refractivity contribution in [2.75, 3.05) is 5.88 Å². The molecule has 0 amide bonds. The van der Waals surface area contributed by atoms with E-state index in [0.29, 0.717) is 5.56 Å². The molecule has 1 rings (SSSR count). The van der Waals surface area contributed by atoms with Crippen molar-refractivity contribution in [3.63, 3.8) is 0 Å². The lowest BCUT2D eigenvalue weighted by molar-refractivity contribution is -0.112. The summed E-state index contributed by atoms with van der Waals surface area (Å²) in [7, 11) is 0. The van der Waals surface area contributed by atoms with Crippen LogP contribution in [0.15, 0.2) is 24.3 Å². The van der Waals surface area contributed by atoms with E-state index in [-0.39, 0.29) is 5.88 Å². The lowest BCUT2D eigenvalue weighted by atomic mass is 10.1. The fourth-order valence-electron chi connectivity index (χ4n) is 1.01. The van der Waals surface area contributed by atoms with Crippen LogP contribution in [0, 0.1) is 6.92 Å². The number of carbonyl (C=O) groups is 2. The molecule has 0 fully saturated rings. The van der Waals surface area contributed by atoms with Crippen molar-refractivity contribution in [1.29, 1.82) is 0 Å². The van der Waals surface area contributed by atoms with Gasteiger partial charge in [-0.25, -0.2) is 0 Å². The Morgan fingerprint density at radius 1 is 1.38 bits per heavy atom. The van der Waals surface area contributed by atoms with Crippen molar-refractivity contribution >= 4 is 23.2 Å². The van der Waals surface area contributed by atoms with Gasteiger partial charge in [0.2, 0.25) is 11.6 Å². The number of ketones is 2. The van der Waals surface area contributed by atoms with E-state index >= 15 is 0 Å². The Bertz CT molecular complexity index is 345.